The molecule has 1 aliphatic rings. The normalized spacial score (nSPS) is 17.7. The third-order valence-corrected chi connectivity index (χ3v) is 2.01. The molecule has 2 N–H and O–H groups in total. The topological polar surface area (TPSA) is 55.0 Å². The zero-order valence-electron chi connectivity index (χ0n) is 6.44. The molecule has 0 aliphatic carbocycles. The number of aromatic nitrogens is 2. The number of halogens is 1. The maximum atomic E-state index is 5.70. The van der Waals surface area contributed by atoms with Crippen molar-refractivity contribution in [1.82, 2.24) is 9.97 Å². The van der Waals surface area contributed by atoms with E-state index in [9.17, 15) is 0 Å². The van der Waals surface area contributed by atoms with Crippen LogP contribution >= 0.6 is 11.6 Å². The van der Waals surface area contributed by atoms with Crippen molar-refractivity contribution in [3.05, 3.63) is 17.4 Å². The average Bonchev–Trinajstić information content (AvgIpc) is 1.99. The van der Waals surface area contributed by atoms with Crippen LogP contribution in [0.25, 0.3) is 0 Å². The fourth-order valence-corrected chi connectivity index (χ4v) is 1.29. The first-order valence-electron chi connectivity index (χ1n) is 3.75. The van der Waals surface area contributed by atoms with Crippen molar-refractivity contribution < 1.29 is 0 Å². The van der Waals surface area contributed by atoms with E-state index in [0.717, 1.165) is 13.1 Å². The summed E-state index contributed by atoms with van der Waals surface area (Å²) in [6.45, 7) is 1.64. The number of nitrogens with zero attached hydrogens (tertiary/aromatic N) is 3. The van der Waals surface area contributed by atoms with Gasteiger partial charge in [0, 0.05) is 25.3 Å². The highest BCUT2D eigenvalue weighted by Crippen LogP contribution is 2.15. The van der Waals surface area contributed by atoms with Crippen LogP contribution in [-0.2, 0) is 0 Å². The van der Waals surface area contributed by atoms with Crippen LogP contribution in [-0.4, -0.2) is 29.1 Å². The molecule has 0 radical (unpaired) electrons. The van der Waals surface area contributed by atoms with E-state index >= 15 is 0 Å². The van der Waals surface area contributed by atoms with Crippen LogP contribution in [0.2, 0.25) is 5.15 Å². The Morgan fingerprint density at radius 1 is 1.58 bits per heavy atom. The highest BCUT2D eigenvalue weighted by atomic mass is 35.5. The minimum atomic E-state index is 0.257. The highest BCUT2D eigenvalue weighted by Gasteiger charge is 2.24. The monoisotopic (exact) mass is 184 g/mol. The largest absolute Gasteiger partial charge is 0.338 e. The number of rotatable bonds is 1. The lowest BCUT2D eigenvalue weighted by Crippen LogP contribution is -2.56. The van der Waals surface area contributed by atoms with E-state index < -0.39 is 0 Å². The van der Waals surface area contributed by atoms with Crippen LogP contribution in [0.1, 0.15) is 0 Å². The molecule has 0 saturated carbocycles. The molecule has 5 heteroatoms. The van der Waals surface area contributed by atoms with Crippen molar-refractivity contribution in [3.63, 3.8) is 0 Å². The summed E-state index contributed by atoms with van der Waals surface area (Å²) in [6.07, 6.45) is 1.65. The van der Waals surface area contributed by atoms with Gasteiger partial charge in [-0.1, -0.05) is 11.6 Å². The molecule has 12 heavy (non-hydrogen) atoms. The first-order valence-corrected chi connectivity index (χ1v) is 4.12. The van der Waals surface area contributed by atoms with Gasteiger partial charge in [0.05, 0.1) is 0 Å². The predicted octanol–water partition coefficient (Wildman–Crippen LogP) is 0.277. The van der Waals surface area contributed by atoms with Crippen LogP contribution in [0.15, 0.2) is 12.3 Å². The van der Waals surface area contributed by atoms with Crippen molar-refractivity contribution in [2.75, 3.05) is 18.0 Å². The second-order valence-corrected chi connectivity index (χ2v) is 3.23. The van der Waals surface area contributed by atoms with E-state index in [-0.39, 0.29) is 6.04 Å². The third kappa shape index (κ3) is 1.35. The van der Waals surface area contributed by atoms with Crippen molar-refractivity contribution in [1.29, 1.82) is 0 Å². The molecule has 0 amide bonds. The first kappa shape index (κ1) is 7.76. The van der Waals surface area contributed by atoms with Gasteiger partial charge in [-0.2, -0.15) is 0 Å². The molecular formula is C7H9ClN4. The molecule has 0 bridgehead atoms. The second-order valence-electron chi connectivity index (χ2n) is 2.84. The quantitative estimate of drug-likeness (QED) is 0.637. The lowest BCUT2D eigenvalue weighted by molar-refractivity contribution is 0.509. The van der Waals surface area contributed by atoms with Crippen LogP contribution in [0, 0.1) is 0 Å². The van der Waals surface area contributed by atoms with Crippen molar-refractivity contribution in [2.45, 2.75) is 6.04 Å². The standard InChI is InChI=1S/C7H9ClN4/c8-6-1-2-10-7(11-6)12-3-5(9)4-12/h1-2,5H,3-4,9H2. The average molecular weight is 185 g/mol. The number of nitrogens with two attached hydrogens (primary N) is 1. The summed E-state index contributed by atoms with van der Waals surface area (Å²) in [6, 6.07) is 1.91. The Kier molecular flexibility index (Phi) is 1.86. The molecule has 0 atom stereocenters. The predicted molar refractivity (Wildman–Crippen MR) is 47.2 cm³/mol. The van der Waals surface area contributed by atoms with Gasteiger partial charge >= 0.3 is 0 Å². The van der Waals surface area contributed by atoms with E-state index in [4.69, 9.17) is 17.3 Å². The molecule has 1 saturated heterocycles. The Bertz CT molecular complexity index is 284. The van der Waals surface area contributed by atoms with Crippen molar-refractivity contribution >= 4 is 17.5 Å². The minimum absolute atomic E-state index is 0.257. The summed E-state index contributed by atoms with van der Waals surface area (Å²) < 4.78 is 0. The van der Waals surface area contributed by atoms with Gasteiger partial charge in [-0.3, -0.25) is 0 Å². The highest BCUT2D eigenvalue weighted by molar-refractivity contribution is 6.29. The van der Waals surface area contributed by atoms with Crippen LogP contribution in [0.4, 0.5) is 5.95 Å². The van der Waals surface area contributed by atoms with E-state index in [1.54, 1.807) is 12.3 Å². The zero-order chi connectivity index (χ0) is 8.55. The Balaban J connectivity index is 2.13. The zero-order valence-corrected chi connectivity index (χ0v) is 7.20. The van der Waals surface area contributed by atoms with Crippen molar-refractivity contribution in [2.24, 2.45) is 5.73 Å². The van der Waals surface area contributed by atoms with Gasteiger partial charge in [-0.25, -0.2) is 9.97 Å². The first-order chi connectivity index (χ1) is 5.75. The van der Waals surface area contributed by atoms with Gasteiger partial charge in [-0.15, -0.1) is 0 Å². The van der Waals surface area contributed by atoms with Gasteiger partial charge in [0.15, 0.2) is 0 Å². The molecule has 1 aromatic rings. The molecule has 2 rings (SSSR count). The number of hydrogen-bond acceptors (Lipinski definition) is 4. The molecule has 0 aromatic carbocycles. The lowest BCUT2D eigenvalue weighted by atomic mass is 10.1. The van der Waals surface area contributed by atoms with Crippen LogP contribution < -0.4 is 10.6 Å². The Labute approximate surface area is 75.4 Å². The van der Waals surface area contributed by atoms with Crippen LogP contribution in [0.5, 0.6) is 0 Å². The fourth-order valence-electron chi connectivity index (χ4n) is 1.16. The number of hydrogen-bond donors (Lipinski definition) is 1. The molecule has 64 valence electrons. The third-order valence-electron chi connectivity index (χ3n) is 1.80. The Hall–Kier alpha value is -0.870. The maximum absolute atomic E-state index is 5.70. The molecule has 2 heterocycles. The Morgan fingerprint density at radius 2 is 2.33 bits per heavy atom. The van der Waals surface area contributed by atoms with Gasteiger partial charge in [0.25, 0.3) is 0 Å². The summed E-state index contributed by atoms with van der Waals surface area (Å²) in [5, 5.41) is 0.473. The van der Waals surface area contributed by atoms with Gasteiger partial charge < -0.3 is 10.6 Å². The van der Waals surface area contributed by atoms with Gasteiger partial charge in [-0.05, 0) is 6.07 Å². The van der Waals surface area contributed by atoms with Crippen LogP contribution in [0.3, 0.4) is 0 Å². The fraction of sp³-hybridized carbons (Fsp3) is 0.429. The molecule has 1 fully saturated rings. The molecule has 0 unspecified atom stereocenters. The molecule has 0 spiro atoms. The van der Waals surface area contributed by atoms with Crippen molar-refractivity contribution in [3.8, 4) is 0 Å². The Morgan fingerprint density at radius 3 is 2.92 bits per heavy atom. The summed E-state index contributed by atoms with van der Waals surface area (Å²) in [7, 11) is 0. The maximum Gasteiger partial charge on any atom is 0.226 e. The molecule has 1 aliphatic heterocycles. The summed E-state index contributed by atoms with van der Waals surface area (Å²) in [4.78, 5) is 10.1. The van der Waals surface area contributed by atoms with E-state index in [0.29, 0.717) is 11.1 Å². The lowest BCUT2D eigenvalue weighted by Gasteiger charge is -2.36. The molecule has 1 aromatic heterocycles. The summed E-state index contributed by atoms with van der Waals surface area (Å²) >= 11 is 5.70. The number of anilines is 1. The summed E-state index contributed by atoms with van der Waals surface area (Å²) in [5.74, 6) is 0.671. The van der Waals surface area contributed by atoms with Gasteiger partial charge in [0.1, 0.15) is 5.15 Å². The smallest absolute Gasteiger partial charge is 0.226 e. The second kappa shape index (κ2) is 2.88. The molecule has 4 nitrogen and oxygen atoms in total. The van der Waals surface area contributed by atoms with E-state index in [1.807, 2.05) is 4.90 Å². The summed E-state index contributed by atoms with van der Waals surface area (Å²) in [5.41, 5.74) is 5.61. The molecular weight excluding hydrogens is 176 g/mol. The minimum Gasteiger partial charge on any atom is -0.338 e. The van der Waals surface area contributed by atoms with Gasteiger partial charge in [0.2, 0.25) is 5.95 Å². The van der Waals surface area contributed by atoms with E-state index in [2.05, 4.69) is 9.97 Å². The SMILES string of the molecule is NC1CN(c2nccc(Cl)n2)C1. The van der Waals surface area contributed by atoms with E-state index in [1.165, 1.54) is 0 Å².